The minimum absolute atomic E-state index is 0.0481. The molecular formula is C42H49FO12. The Kier molecular flexibility index (Phi) is 19.7. The van der Waals surface area contributed by atoms with Crippen molar-refractivity contribution in [2.45, 2.75) is 76.4 Å². The van der Waals surface area contributed by atoms with Crippen molar-refractivity contribution in [1.29, 1.82) is 0 Å². The van der Waals surface area contributed by atoms with Crippen LogP contribution in [0.5, 0.6) is 23.0 Å². The Morgan fingerprint density at radius 2 is 1.00 bits per heavy atom. The van der Waals surface area contributed by atoms with Crippen molar-refractivity contribution < 1.29 is 62.2 Å². The monoisotopic (exact) mass is 764 g/mol. The molecule has 0 saturated heterocycles. The van der Waals surface area contributed by atoms with Crippen LogP contribution in [0.3, 0.4) is 0 Å². The van der Waals surface area contributed by atoms with Gasteiger partial charge in [0.15, 0.2) is 11.6 Å². The molecule has 0 bridgehead atoms. The summed E-state index contributed by atoms with van der Waals surface area (Å²) in [5, 5.41) is 19.7. The highest BCUT2D eigenvalue weighted by atomic mass is 19.1. The molecule has 0 aliphatic carbocycles. The molecule has 0 saturated carbocycles. The third kappa shape index (κ3) is 17.4. The summed E-state index contributed by atoms with van der Waals surface area (Å²) in [6.45, 7) is 7.44. The van der Waals surface area contributed by atoms with E-state index in [1.54, 1.807) is 24.3 Å². The van der Waals surface area contributed by atoms with Gasteiger partial charge < -0.3 is 38.6 Å². The van der Waals surface area contributed by atoms with Crippen LogP contribution in [0.15, 0.2) is 92.0 Å². The first kappa shape index (κ1) is 43.9. The number of hydrogen-bond donors (Lipinski definition) is 2. The second kappa shape index (κ2) is 24.7. The van der Waals surface area contributed by atoms with E-state index in [2.05, 4.69) is 13.2 Å². The Bertz CT molecular complexity index is 1670. The fourth-order valence-corrected chi connectivity index (χ4v) is 5.02. The molecule has 2 atom stereocenters. The quantitative estimate of drug-likeness (QED) is 0.0369. The van der Waals surface area contributed by atoms with Crippen LogP contribution in [0, 0.1) is 5.82 Å². The second-order valence-corrected chi connectivity index (χ2v) is 12.5. The van der Waals surface area contributed by atoms with Crippen molar-refractivity contribution in [2.75, 3.05) is 26.4 Å². The van der Waals surface area contributed by atoms with Gasteiger partial charge in [-0.25, -0.2) is 23.6 Å². The molecule has 3 aromatic carbocycles. The summed E-state index contributed by atoms with van der Waals surface area (Å²) < 4.78 is 46.4. The molecule has 55 heavy (non-hydrogen) atoms. The number of halogens is 1. The van der Waals surface area contributed by atoms with E-state index in [1.165, 1.54) is 36.4 Å². The Morgan fingerprint density at radius 1 is 0.582 bits per heavy atom. The van der Waals surface area contributed by atoms with Crippen LogP contribution in [0.4, 0.5) is 4.39 Å². The van der Waals surface area contributed by atoms with Crippen molar-refractivity contribution in [3.63, 3.8) is 0 Å². The number of aliphatic hydroxyl groups excluding tert-OH is 2. The van der Waals surface area contributed by atoms with Gasteiger partial charge in [-0.2, -0.15) is 0 Å². The highest BCUT2D eigenvalue weighted by molar-refractivity contribution is 5.92. The summed E-state index contributed by atoms with van der Waals surface area (Å²) in [5.74, 6) is -2.78. The maximum Gasteiger partial charge on any atom is 0.343 e. The van der Waals surface area contributed by atoms with Crippen LogP contribution < -0.4 is 18.9 Å². The highest BCUT2D eigenvalue weighted by Gasteiger charge is 2.16. The van der Waals surface area contributed by atoms with Crippen molar-refractivity contribution in [3.05, 3.63) is 109 Å². The van der Waals surface area contributed by atoms with E-state index >= 15 is 0 Å². The Morgan fingerprint density at radius 3 is 1.44 bits per heavy atom. The van der Waals surface area contributed by atoms with Gasteiger partial charge in [0.25, 0.3) is 0 Å². The number of carbonyl (C=O) groups excluding carboxylic acids is 4. The number of aliphatic hydroxyl groups is 2. The number of rotatable bonds is 26. The first-order chi connectivity index (χ1) is 26.6. The third-order valence-electron chi connectivity index (χ3n) is 8.07. The zero-order valence-corrected chi connectivity index (χ0v) is 30.8. The SMILES string of the molecule is C=CC(=O)OCC(O)CCCCCCOc1ccc(C(=O)Oc2ccc(OC(=O)c3ccc(OCCCCCCC(O)COC(=O)C=C)cc3)c(F)c2)cc1. The molecule has 296 valence electrons. The van der Waals surface area contributed by atoms with Crippen molar-refractivity contribution in [2.24, 2.45) is 0 Å². The summed E-state index contributed by atoms with van der Waals surface area (Å²) in [6, 6.07) is 16.0. The minimum atomic E-state index is -0.891. The molecule has 0 heterocycles. The van der Waals surface area contributed by atoms with Crippen LogP contribution >= 0.6 is 0 Å². The zero-order valence-electron chi connectivity index (χ0n) is 30.8. The molecular weight excluding hydrogens is 715 g/mol. The maximum atomic E-state index is 14.8. The molecule has 12 nitrogen and oxygen atoms in total. The summed E-state index contributed by atoms with van der Waals surface area (Å²) in [5.41, 5.74) is 0.413. The summed E-state index contributed by atoms with van der Waals surface area (Å²) in [7, 11) is 0. The molecule has 0 aliphatic heterocycles. The lowest BCUT2D eigenvalue weighted by Gasteiger charge is -2.11. The minimum Gasteiger partial charge on any atom is -0.494 e. The second-order valence-electron chi connectivity index (χ2n) is 12.5. The predicted molar refractivity (Wildman–Crippen MR) is 201 cm³/mol. The molecule has 2 N–H and O–H groups in total. The van der Waals surface area contributed by atoms with E-state index in [1.807, 2.05) is 0 Å². The lowest BCUT2D eigenvalue weighted by molar-refractivity contribution is -0.141. The lowest BCUT2D eigenvalue weighted by Crippen LogP contribution is -2.17. The molecule has 2 unspecified atom stereocenters. The van der Waals surface area contributed by atoms with E-state index in [-0.39, 0.29) is 35.8 Å². The van der Waals surface area contributed by atoms with Crippen LogP contribution in [-0.2, 0) is 19.1 Å². The molecule has 13 heteroatoms. The zero-order chi connectivity index (χ0) is 39.8. The number of ether oxygens (including phenoxy) is 6. The molecule has 0 fully saturated rings. The first-order valence-electron chi connectivity index (χ1n) is 18.2. The van der Waals surface area contributed by atoms with E-state index in [4.69, 9.17) is 28.4 Å². The van der Waals surface area contributed by atoms with Crippen LogP contribution in [-0.4, -0.2) is 72.7 Å². The Hall–Kier alpha value is -5.53. The molecule has 3 aromatic rings. The maximum absolute atomic E-state index is 14.8. The van der Waals surface area contributed by atoms with Crippen LogP contribution in [0.25, 0.3) is 0 Å². The average molecular weight is 765 g/mol. The van der Waals surface area contributed by atoms with Gasteiger partial charge in [-0.15, -0.1) is 0 Å². The van der Waals surface area contributed by atoms with E-state index < -0.39 is 41.9 Å². The van der Waals surface area contributed by atoms with Crippen molar-refractivity contribution in [3.8, 4) is 23.0 Å². The van der Waals surface area contributed by atoms with Crippen molar-refractivity contribution >= 4 is 23.9 Å². The predicted octanol–water partition coefficient (Wildman–Crippen LogP) is 7.10. The number of unbranched alkanes of at least 4 members (excludes halogenated alkanes) is 6. The topological polar surface area (TPSA) is 164 Å². The van der Waals surface area contributed by atoms with Gasteiger partial charge in [0.1, 0.15) is 30.5 Å². The molecule has 0 amide bonds. The van der Waals surface area contributed by atoms with E-state index in [0.29, 0.717) is 37.6 Å². The van der Waals surface area contributed by atoms with E-state index in [0.717, 1.165) is 69.6 Å². The van der Waals surface area contributed by atoms with Gasteiger partial charge in [0, 0.05) is 18.2 Å². The normalized spacial score (nSPS) is 11.8. The Balaban J connectivity index is 1.31. The number of esters is 4. The van der Waals surface area contributed by atoms with Crippen molar-refractivity contribution in [1.82, 2.24) is 0 Å². The standard InChI is InChI=1S/C42H49FO12/c1-3-39(46)52-28-32(44)13-9-5-7-11-25-50-34-19-15-30(16-20-34)41(48)54-36-23-24-38(37(43)27-36)55-42(49)31-17-21-35(22-18-31)51-26-12-8-6-10-14-33(45)29-53-40(47)4-2/h3-4,15-24,27,32-33,44-45H,1-2,5-14,25-26,28-29H2. The highest BCUT2D eigenvalue weighted by Crippen LogP contribution is 2.25. The first-order valence-corrected chi connectivity index (χ1v) is 18.2. The molecule has 0 spiro atoms. The van der Waals surface area contributed by atoms with Gasteiger partial charge in [-0.3, -0.25) is 0 Å². The summed E-state index contributed by atoms with van der Waals surface area (Å²) in [4.78, 5) is 47.4. The van der Waals surface area contributed by atoms with Crippen LogP contribution in [0.1, 0.15) is 84.9 Å². The Labute approximate surface area is 320 Å². The van der Waals surface area contributed by atoms with Gasteiger partial charge in [0.05, 0.1) is 36.5 Å². The molecule has 3 rings (SSSR count). The molecule has 0 radical (unpaired) electrons. The molecule has 0 aliphatic rings. The van der Waals surface area contributed by atoms with Gasteiger partial charge in [0.2, 0.25) is 0 Å². The summed E-state index contributed by atoms with van der Waals surface area (Å²) in [6.07, 6.45) is 8.43. The number of hydrogen-bond acceptors (Lipinski definition) is 12. The smallest absolute Gasteiger partial charge is 0.343 e. The van der Waals surface area contributed by atoms with E-state index in [9.17, 15) is 33.8 Å². The average Bonchev–Trinajstić information content (AvgIpc) is 3.19. The summed E-state index contributed by atoms with van der Waals surface area (Å²) >= 11 is 0. The van der Waals surface area contributed by atoms with Crippen LogP contribution in [0.2, 0.25) is 0 Å². The third-order valence-corrected chi connectivity index (χ3v) is 8.07. The molecule has 0 aromatic heterocycles. The lowest BCUT2D eigenvalue weighted by atomic mass is 10.1. The van der Waals surface area contributed by atoms with Gasteiger partial charge in [-0.05, 0) is 86.3 Å². The largest absolute Gasteiger partial charge is 0.494 e. The fraction of sp³-hybridized carbons (Fsp3) is 0.381. The number of carbonyl (C=O) groups is 4. The van der Waals surface area contributed by atoms with Gasteiger partial charge in [-0.1, -0.05) is 51.7 Å². The number of benzene rings is 3. The fourth-order valence-electron chi connectivity index (χ4n) is 5.02. The van der Waals surface area contributed by atoms with Gasteiger partial charge >= 0.3 is 23.9 Å².